The Morgan fingerprint density at radius 2 is 2.03 bits per heavy atom. The molecule has 0 aliphatic carbocycles. The van der Waals surface area contributed by atoms with Gasteiger partial charge in [0.05, 0.1) is 17.7 Å². The van der Waals surface area contributed by atoms with Gasteiger partial charge in [-0.05, 0) is 62.6 Å². The first-order chi connectivity index (χ1) is 13.9. The van der Waals surface area contributed by atoms with Gasteiger partial charge in [0.1, 0.15) is 0 Å². The van der Waals surface area contributed by atoms with Gasteiger partial charge in [0.2, 0.25) is 15.9 Å². The van der Waals surface area contributed by atoms with Crippen LogP contribution in [-0.2, 0) is 14.8 Å². The molecule has 0 saturated carbocycles. The highest BCUT2D eigenvalue weighted by Gasteiger charge is 2.33. The summed E-state index contributed by atoms with van der Waals surface area (Å²) in [7, 11) is -3.24. The Morgan fingerprint density at radius 1 is 1.28 bits per heavy atom. The predicted molar refractivity (Wildman–Crippen MR) is 118 cm³/mol. The Balaban J connectivity index is 1.59. The van der Waals surface area contributed by atoms with E-state index in [1.807, 2.05) is 6.92 Å². The van der Waals surface area contributed by atoms with E-state index in [1.54, 1.807) is 11.3 Å². The number of hydrogen-bond donors (Lipinski definition) is 1. The minimum atomic E-state index is -3.24. The molecule has 2 unspecified atom stereocenters. The van der Waals surface area contributed by atoms with Gasteiger partial charge in [0.15, 0.2) is 0 Å². The topological polar surface area (TPSA) is 69.7 Å². The molecule has 2 fully saturated rings. The number of amides is 1. The van der Waals surface area contributed by atoms with Crippen molar-refractivity contribution < 1.29 is 13.2 Å². The lowest BCUT2D eigenvalue weighted by atomic mass is 9.97. The lowest BCUT2D eigenvalue weighted by Gasteiger charge is -2.37. The number of likely N-dealkylation sites (tertiary alicyclic amines) is 1. The van der Waals surface area contributed by atoms with Crippen molar-refractivity contribution in [2.24, 2.45) is 11.8 Å². The molecule has 3 rings (SSSR count). The average Bonchev–Trinajstić information content (AvgIpc) is 3.24. The van der Waals surface area contributed by atoms with E-state index in [2.05, 4.69) is 34.7 Å². The summed E-state index contributed by atoms with van der Waals surface area (Å²) in [5, 5.41) is 5.25. The van der Waals surface area contributed by atoms with Gasteiger partial charge in [-0.15, -0.1) is 11.3 Å². The Labute approximate surface area is 179 Å². The molecular formula is C21H35N3O3S2. The van der Waals surface area contributed by atoms with Crippen molar-refractivity contribution in [2.45, 2.75) is 52.0 Å². The fourth-order valence-corrected chi connectivity index (χ4v) is 6.82. The van der Waals surface area contributed by atoms with Gasteiger partial charge in [-0.25, -0.2) is 12.7 Å². The zero-order valence-electron chi connectivity index (χ0n) is 17.7. The molecule has 29 heavy (non-hydrogen) atoms. The minimum absolute atomic E-state index is 0.00617. The van der Waals surface area contributed by atoms with Crippen LogP contribution in [0.25, 0.3) is 0 Å². The molecular weight excluding hydrogens is 406 g/mol. The summed E-state index contributed by atoms with van der Waals surface area (Å²) in [6.07, 6.45) is 4.51. The lowest BCUT2D eigenvalue weighted by Crippen LogP contribution is -2.48. The summed E-state index contributed by atoms with van der Waals surface area (Å²) in [5.41, 5.74) is 0. The van der Waals surface area contributed by atoms with E-state index in [4.69, 9.17) is 0 Å². The van der Waals surface area contributed by atoms with Crippen LogP contribution in [0, 0.1) is 11.8 Å². The van der Waals surface area contributed by atoms with Crippen molar-refractivity contribution in [2.75, 3.05) is 38.5 Å². The number of nitrogens with zero attached hydrogens (tertiary/aromatic N) is 2. The molecule has 1 aromatic heterocycles. The van der Waals surface area contributed by atoms with Crippen molar-refractivity contribution in [1.29, 1.82) is 0 Å². The monoisotopic (exact) mass is 441 g/mol. The number of rotatable bonds is 8. The Kier molecular flexibility index (Phi) is 8.13. The average molecular weight is 442 g/mol. The molecule has 2 aliphatic heterocycles. The maximum Gasteiger partial charge on any atom is 0.224 e. The molecule has 2 saturated heterocycles. The molecule has 164 valence electrons. The zero-order valence-corrected chi connectivity index (χ0v) is 19.3. The normalized spacial score (nSPS) is 23.7. The van der Waals surface area contributed by atoms with Crippen LogP contribution in [0.4, 0.5) is 0 Å². The predicted octanol–water partition coefficient (Wildman–Crippen LogP) is 3.09. The van der Waals surface area contributed by atoms with Crippen molar-refractivity contribution in [3.63, 3.8) is 0 Å². The first-order valence-corrected chi connectivity index (χ1v) is 13.4. The zero-order chi connectivity index (χ0) is 20.9. The van der Waals surface area contributed by atoms with Crippen LogP contribution in [0.3, 0.4) is 0 Å². The van der Waals surface area contributed by atoms with Crippen molar-refractivity contribution in [3.8, 4) is 0 Å². The van der Waals surface area contributed by atoms with Gasteiger partial charge in [0, 0.05) is 24.5 Å². The van der Waals surface area contributed by atoms with Gasteiger partial charge >= 0.3 is 0 Å². The van der Waals surface area contributed by atoms with Gasteiger partial charge < -0.3 is 5.32 Å². The van der Waals surface area contributed by atoms with E-state index >= 15 is 0 Å². The van der Waals surface area contributed by atoms with E-state index in [-0.39, 0.29) is 23.6 Å². The summed E-state index contributed by atoms with van der Waals surface area (Å²) >= 11 is 1.74. The third-order valence-corrected chi connectivity index (χ3v) is 9.23. The van der Waals surface area contributed by atoms with E-state index in [1.165, 1.54) is 22.0 Å². The molecule has 1 N–H and O–H groups in total. The molecule has 0 spiro atoms. The quantitative estimate of drug-likeness (QED) is 0.673. The second-order valence-electron chi connectivity index (χ2n) is 8.51. The van der Waals surface area contributed by atoms with Crippen molar-refractivity contribution in [3.05, 3.63) is 22.4 Å². The second-order valence-corrected chi connectivity index (χ2v) is 11.6. The van der Waals surface area contributed by atoms with Gasteiger partial charge in [-0.1, -0.05) is 19.9 Å². The highest BCUT2D eigenvalue weighted by molar-refractivity contribution is 7.89. The van der Waals surface area contributed by atoms with E-state index in [0.717, 1.165) is 31.8 Å². The Morgan fingerprint density at radius 3 is 2.69 bits per heavy atom. The molecule has 2 aliphatic rings. The van der Waals surface area contributed by atoms with Crippen LogP contribution in [-0.4, -0.2) is 62.0 Å². The fourth-order valence-electron chi connectivity index (χ4n) is 4.37. The first-order valence-electron chi connectivity index (χ1n) is 10.9. The third-order valence-electron chi connectivity index (χ3n) is 6.21. The number of carbonyl (C=O) groups is 1. The summed E-state index contributed by atoms with van der Waals surface area (Å²) in [5.74, 6) is 0.673. The van der Waals surface area contributed by atoms with Gasteiger partial charge in [-0.3, -0.25) is 9.69 Å². The van der Waals surface area contributed by atoms with Gasteiger partial charge in [0.25, 0.3) is 0 Å². The second kappa shape index (κ2) is 10.4. The number of hydrogen-bond acceptors (Lipinski definition) is 5. The molecule has 0 bridgehead atoms. The number of sulfonamides is 1. The highest BCUT2D eigenvalue weighted by Crippen LogP contribution is 2.29. The number of piperidine rings is 2. The standard InChI is InChI=1S/C21H35N3O3S2/c1-3-14-29(26,27)24-10-4-6-18(16-24)21(25)22-15-19(20-7-5-13-28-20)23-11-8-17(2)9-12-23/h5,7,13,17-19H,3-4,6,8-12,14-16H2,1-2H3,(H,22,25). The molecule has 8 heteroatoms. The lowest BCUT2D eigenvalue weighted by molar-refractivity contribution is -0.126. The number of carbonyl (C=O) groups excluding carboxylic acids is 1. The van der Waals surface area contributed by atoms with E-state index in [9.17, 15) is 13.2 Å². The van der Waals surface area contributed by atoms with E-state index < -0.39 is 10.0 Å². The third kappa shape index (κ3) is 6.03. The molecule has 0 aromatic carbocycles. The number of nitrogens with one attached hydrogen (secondary N) is 1. The summed E-state index contributed by atoms with van der Waals surface area (Å²) < 4.78 is 26.3. The Hall–Kier alpha value is -0.960. The summed E-state index contributed by atoms with van der Waals surface area (Å²) in [4.78, 5) is 16.7. The highest BCUT2D eigenvalue weighted by atomic mass is 32.2. The van der Waals surface area contributed by atoms with Crippen LogP contribution in [0.15, 0.2) is 17.5 Å². The minimum Gasteiger partial charge on any atom is -0.354 e. The molecule has 6 nitrogen and oxygen atoms in total. The summed E-state index contributed by atoms with van der Waals surface area (Å²) in [6, 6.07) is 4.42. The fraction of sp³-hybridized carbons (Fsp3) is 0.762. The summed E-state index contributed by atoms with van der Waals surface area (Å²) in [6.45, 7) is 7.75. The maximum atomic E-state index is 12.9. The van der Waals surface area contributed by atoms with Gasteiger partial charge in [-0.2, -0.15) is 0 Å². The number of thiophene rings is 1. The van der Waals surface area contributed by atoms with Crippen molar-refractivity contribution in [1.82, 2.24) is 14.5 Å². The smallest absolute Gasteiger partial charge is 0.224 e. The molecule has 1 aromatic rings. The Bertz CT molecular complexity index is 743. The maximum absolute atomic E-state index is 12.9. The van der Waals surface area contributed by atoms with E-state index in [0.29, 0.717) is 26.1 Å². The molecule has 3 heterocycles. The van der Waals surface area contributed by atoms with Crippen LogP contribution in [0.2, 0.25) is 0 Å². The van der Waals surface area contributed by atoms with Crippen molar-refractivity contribution >= 4 is 27.3 Å². The SMILES string of the molecule is CCCS(=O)(=O)N1CCCC(C(=O)NCC(c2cccs2)N2CCC(C)CC2)C1. The van der Waals surface area contributed by atoms with Crippen LogP contribution in [0.1, 0.15) is 56.9 Å². The molecule has 0 radical (unpaired) electrons. The largest absolute Gasteiger partial charge is 0.354 e. The molecule has 1 amide bonds. The first kappa shape index (κ1) is 22.7. The van der Waals surface area contributed by atoms with Crippen LogP contribution >= 0.6 is 11.3 Å². The van der Waals surface area contributed by atoms with Crippen LogP contribution in [0.5, 0.6) is 0 Å². The molecule has 2 atom stereocenters. The van der Waals surface area contributed by atoms with Crippen LogP contribution < -0.4 is 5.32 Å².